The molecule has 138 valence electrons. The number of hydrogen-bond acceptors (Lipinski definition) is 6. The zero-order valence-corrected chi connectivity index (χ0v) is 14.6. The number of rotatable bonds is 6. The molecule has 0 saturated carbocycles. The molecule has 1 saturated heterocycles. The van der Waals surface area contributed by atoms with Crippen LogP contribution in [0.4, 0.5) is 0 Å². The zero-order valence-electron chi connectivity index (χ0n) is 14.6. The van der Waals surface area contributed by atoms with Gasteiger partial charge < -0.3 is 24.1 Å². The fraction of sp³-hybridized carbons (Fsp3) is 0.421. The van der Waals surface area contributed by atoms with Crippen molar-refractivity contribution in [1.29, 1.82) is 0 Å². The molecule has 0 aliphatic carbocycles. The van der Waals surface area contributed by atoms with E-state index in [9.17, 15) is 4.79 Å². The van der Waals surface area contributed by atoms with Crippen LogP contribution in [-0.2, 0) is 17.9 Å². The minimum Gasteiger partial charge on any atom is -0.468 e. The zero-order chi connectivity index (χ0) is 17.8. The average Bonchev–Trinajstić information content (AvgIpc) is 3.33. The number of carbonyl (C=O) groups is 1. The van der Waals surface area contributed by atoms with Crippen molar-refractivity contribution in [3.05, 3.63) is 47.9 Å². The molecular weight excluding hydrogens is 334 g/mol. The number of nitrogens with zero attached hydrogens (tertiary/aromatic N) is 2. The van der Waals surface area contributed by atoms with Gasteiger partial charge in [-0.15, -0.1) is 0 Å². The van der Waals surface area contributed by atoms with Crippen LogP contribution in [0.2, 0.25) is 0 Å². The highest BCUT2D eigenvalue weighted by Crippen LogP contribution is 2.32. The fourth-order valence-corrected chi connectivity index (χ4v) is 3.27. The molecule has 4 rings (SSSR count). The Kier molecular flexibility index (Phi) is 5.08. The molecule has 3 heterocycles. The van der Waals surface area contributed by atoms with Gasteiger partial charge in [-0.25, -0.2) is 0 Å². The van der Waals surface area contributed by atoms with Gasteiger partial charge in [0.05, 0.1) is 19.4 Å². The second kappa shape index (κ2) is 7.80. The van der Waals surface area contributed by atoms with Gasteiger partial charge >= 0.3 is 0 Å². The lowest BCUT2D eigenvalue weighted by molar-refractivity contribution is -0.132. The van der Waals surface area contributed by atoms with Gasteiger partial charge in [-0.2, -0.15) is 0 Å². The molecule has 26 heavy (non-hydrogen) atoms. The Hall–Kier alpha value is -2.51. The standard InChI is InChI=1S/C19H23N3O4/c23-19(12-20-11-16-2-1-9-24-16)22-7-5-21(6-8-22)13-15-3-4-17-18(10-15)26-14-25-17/h1-4,9-10,20H,5-8,11-14H2. The van der Waals surface area contributed by atoms with Crippen LogP contribution in [0, 0.1) is 0 Å². The van der Waals surface area contributed by atoms with E-state index in [1.165, 1.54) is 5.56 Å². The summed E-state index contributed by atoms with van der Waals surface area (Å²) in [5, 5.41) is 3.14. The smallest absolute Gasteiger partial charge is 0.236 e. The highest BCUT2D eigenvalue weighted by Gasteiger charge is 2.21. The highest BCUT2D eigenvalue weighted by atomic mass is 16.7. The highest BCUT2D eigenvalue weighted by molar-refractivity contribution is 5.78. The third-order valence-electron chi connectivity index (χ3n) is 4.72. The van der Waals surface area contributed by atoms with Gasteiger partial charge in [0.25, 0.3) is 0 Å². The Morgan fingerprint density at radius 3 is 2.73 bits per heavy atom. The van der Waals surface area contributed by atoms with E-state index in [2.05, 4.69) is 16.3 Å². The lowest BCUT2D eigenvalue weighted by atomic mass is 10.1. The summed E-state index contributed by atoms with van der Waals surface area (Å²) >= 11 is 0. The number of nitrogens with one attached hydrogen (secondary N) is 1. The maximum Gasteiger partial charge on any atom is 0.236 e. The van der Waals surface area contributed by atoms with Crippen LogP contribution in [0.3, 0.4) is 0 Å². The number of carbonyl (C=O) groups excluding carboxylic acids is 1. The summed E-state index contributed by atoms with van der Waals surface area (Å²) in [6, 6.07) is 9.81. The maximum atomic E-state index is 12.3. The number of piperazine rings is 1. The van der Waals surface area contributed by atoms with Crippen LogP contribution in [0.25, 0.3) is 0 Å². The van der Waals surface area contributed by atoms with Gasteiger partial charge in [-0.3, -0.25) is 9.69 Å². The molecule has 1 aromatic heterocycles. The number of ether oxygens (including phenoxy) is 2. The van der Waals surface area contributed by atoms with Crippen LogP contribution < -0.4 is 14.8 Å². The number of benzene rings is 1. The third kappa shape index (κ3) is 4.00. The Bertz CT molecular complexity index is 739. The van der Waals surface area contributed by atoms with E-state index >= 15 is 0 Å². The Morgan fingerprint density at radius 1 is 1.08 bits per heavy atom. The molecule has 2 aliphatic rings. The molecule has 7 heteroatoms. The molecule has 0 radical (unpaired) electrons. The first-order valence-electron chi connectivity index (χ1n) is 8.90. The van der Waals surface area contributed by atoms with Gasteiger partial charge in [-0.05, 0) is 29.8 Å². The van der Waals surface area contributed by atoms with E-state index in [0.717, 1.165) is 50.0 Å². The van der Waals surface area contributed by atoms with Gasteiger partial charge in [0.1, 0.15) is 5.76 Å². The van der Waals surface area contributed by atoms with Crippen LogP contribution >= 0.6 is 0 Å². The van der Waals surface area contributed by atoms with E-state index < -0.39 is 0 Å². The normalized spacial score (nSPS) is 16.8. The summed E-state index contributed by atoms with van der Waals surface area (Å²) < 4.78 is 16.0. The Balaban J connectivity index is 1.20. The first-order valence-corrected chi connectivity index (χ1v) is 8.90. The fourth-order valence-electron chi connectivity index (χ4n) is 3.27. The molecule has 0 unspecified atom stereocenters. The lowest BCUT2D eigenvalue weighted by Crippen LogP contribution is -2.50. The minimum absolute atomic E-state index is 0.138. The topological polar surface area (TPSA) is 67.2 Å². The molecule has 0 bridgehead atoms. The minimum atomic E-state index is 0.138. The van der Waals surface area contributed by atoms with E-state index in [0.29, 0.717) is 19.9 Å². The van der Waals surface area contributed by atoms with E-state index in [-0.39, 0.29) is 5.91 Å². The second-order valence-corrected chi connectivity index (χ2v) is 6.53. The van der Waals surface area contributed by atoms with Crippen molar-refractivity contribution < 1.29 is 18.7 Å². The lowest BCUT2D eigenvalue weighted by Gasteiger charge is -2.34. The van der Waals surface area contributed by atoms with Crippen molar-refractivity contribution in [3.8, 4) is 11.5 Å². The van der Waals surface area contributed by atoms with Crippen molar-refractivity contribution in [2.45, 2.75) is 13.1 Å². The molecule has 2 aromatic rings. The number of furan rings is 1. The van der Waals surface area contributed by atoms with E-state index in [1.807, 2.05) is 29.2 Å². The summed E-state index contributed by atoms with van der Waals surface area (Å²) in [4.78, 5) is 16.6. The van der Waals surface area contributed by atoms with Gasteiger partial charge in [0.2, 0.25) is 12.7 Å². The first kappa shape index (κ1) is 16.9. The van der Waals surface area contributed by atoms with E-state index in [4.69, 9.17) is 13.9 Å². The van der Waals surface area contributed by atoms with Crippen LogP contribution in [0.5, 0.6) is 11.5 Å². The van der Waals surface area contributed by atoms with Crippen LogP contribution in [-0.4, -0.2) is 55.2 Å². The molecular formula is C19H23N3O4. The predicted molar refractivity (Wildman–Crippen MR) is 94.8 cm³/mol. The maximum absolute atomic E-state index is 12.3. The Labute approximate surface area is 152 Å². The van der Waals surface area contributed by atoms with Crippen LogP contribution in [0.15, 0.2) is 41.0 Å². The van der Waals surface area contributed by atoms with Gasteiger partial charge in [0, 0.05) is 32.7 Å². The van der Waals surface area contributed by atoms with Crippen molar-refractivity contribution in [1.82, 2.24) is 15.1 Å². The summed E-state index contributed by atoms with van der Waals surface area (Å²) in [5.74, 6) is 2.61. The van der Waals surface area contributed by atoms with Crippen molar-refractivity contribution in [3.63, 3.8) is 0 Å². The van der Waals surface area contributed by atoms with Gasteiger partial charge in [0.15, 0.2) is 11.5 Å². The Morgan fingerprint density at radius 2 is 1.92 bits per heavy atom. The molecule has 1 amide bonds. The summed E-state index contributed by atoms with van der Waals surface area (Å²) in [5.41, 5.74) is 1.20. The summed E-state index contributed by atoms with van der Waals surface area (Å²) in [7, 11) is 0. The quantitative estimate of drug-likeness (QED) is 0.844. The van der Waals surface area contributed by atoms with Gasteiger partial charge in [-0.1, -0.05) is 6.07 Å². The molecule has 0 spiro atoms. The van der Waals surface area contributed by atoms with Crippen molar-refractivity contribution in [2.24, 2.45) is 0 Å². The first-order chi connectivity index (χ1) is 12.8. The largest absolute Gasteiger partial charge is 0.468 e. The molecule has 1 aromatic carbocycles. The number of hydrogen-bond donors (Lipinski definition) is 1. The molecule has 1 N–H and O–H groups in total. The SMILES string of the molecule is O=C(CNCc1ccco1)N1CCN(Cc2ccc3c(c2)OCO3)CC1. The number of amides is 1. The van der Waals surface area contributed by atoms with Crippen molar-refractivity contribution >= 4 is 5.91 Å². The molecule has 1 fully saturated rings. The van der Waals surface area contributed by atoms with Crippen LogP contribution in [0.1, 0.15) is 11.3 Å². The second-order valence-electron chi connectivity index (χ2n) is 6.53. The molecule has 2 aliphatic heterocycles. The molecule has 7 nitrogen and oxygen atoms in total. The average molecular weight is 357 g/mol. The van der Waals surface area contributed by atoms with Crippen molar-refractivity contribution in [2.75, 3.05) is 39.5 Å². The summed E-state index contributed by atoms with van der Waals surface area (Å²) in [6.07, 6.45) is 1.64. The summed E-state index contributed by atoms with van der Waals surface area (Å²) in [6.45, 7) is 5.32. The third-order valence-corrected chi connectivity index (χ3v) is 4.72. The molecule has 0 atom stereocenters. The van der Waals surface area contributed by atoms with E-state index in [1.54, 1.807) is 6.26 Å². The monoisotopic (exact) mass is 357 g/mol. The predicted octanol–water partition coefficient (Wildman–Crippen LogP) is 1.44. The number of fused-ring (bicyclic) bond motifs is 1.